The molecule has 4 rings (SSSR count). The van der Waals surface area contributed by atoms with Crippen molar-refractivity contribution in [2.45, 2.75) is 0 Å². The zero-order valence-electron chi connectivity index (χ0n) is 16.0. The second kappa shape index (κ2) is 8.39. The summed E-state index contributed by atoms with van der Waals surface area (Å²) < 4.78 is 5.47. The van der Waals surface area contributed by atoms with Gasteiger partial charge in [0.05, 0.1) is 12.8 Å². The van der Waals surface area contributed by atoms with E-state index in [-0.39, 0.29) is 6.03 Å². The van der Waals surface area contributed by atoms with Gasteiger partial charge in [-0.25, -0.2) is 4.79 Å². The van der Waals surface area contributed by atoms with Gasteiger partial charge in [0.2, 0.25) is 0 Å². The summed E-state index contributed by atoms with van der Waals surface area (Å²) in [5, 5.41) is 6.33. The smallest absolute Gasteiger partial charge is 0.322 e. The number of urea groups is 1. The highest BCUT2D eigenvalue weighted by Crippen LogP contribution is 2.31. The maximum Gasteiger partial charge on any atom is 0.322 e. The first kappa shape index (κ1) is 19.7. The highest BCUT2D eigenvalue weighted by Gasteiger charge is 2.22. The van der Waals surface area contributed by atoms with Crippen LogP contribution in [0.3, 0.4) is 0 Å². The molecule has 1 heterocycles. The van der Waals surface area contributed by atoms with Gasteiger partial charge in [0.15, 0.2) is 0 Å². The fourth-order valence-corrected chi connectivity index (χ4v) is 4.08. The van der Waals surface area contributed by atoms with Crippen molar-refractivity contribution >= 4 is 51.4 Å². The molecule has 1 aliphatic heterocycles. The molecular weight excluding hydrogens is 409 g/mol. The van der Waals surface area contributed by atoms with E-state index in [2.05, 4.69) is 10.2 Å². The number of methoxy groups -OCH3 is 1. The molecule has 3 aromatic carbocycles. The Morgan fingerprint density at radius 2 is 1.55 bits per heavy atom. The van der Waals surface area contributed by atoms with Gasteiger partial charge >= 0.3 is 6.03 Å². The quantitative estimate of drug-likeness (QED) is 0.596. The van der Waals surface area contributed by atoms with Gasteiger partial charge in [-0.05, 0) is 41.1 Å². The van der Waals surface area contributed by atoms with Crippen LogP contribution >= 0.6 is 23.2 Å². The Balaban J connectivity index is 1.44. The lowest BCUT2D eigenvalue weighted by molar-refractivity contribution is 0.208. The lowest BCUT2D eigenvalue weighted by Crippen LogP contribution is -2.50. The largest absolute Gasteiger partial charge is 0.495 e. The molecule has 0 aromatic heterocycles. The first-order chi connectivity index (χ1) is 14.0. The molecule has 5 nitrogen and oxygen atoms in total. The number of halogens is 2. The molecule has 0 radical (unpaired) electrons. The maximum absolute atomic E-state index is 12.8. The number of nitrogens with one attached hydrogen (secondary N) is 1. The van der Waals surface area contributed by atoms with E-state index in [1.165, 1.54) is 0 Å². The lowest BCUT2D eigenvalue weighted by Gasteiger charge is -2.36. The van der Waals surface area contributed by atoms with Crippen molar-refractivity contribution in [1.29, 1.82) is 0 Å². The van der Waals surface area contributed by atoms with Gasteiger partial charge < -0.3 is 19.9 Å². The summed E-state index contributed by atoms with van der Waals surface area (Å²) in [5.41, 5.74) is 1.64. The standard InChI is InChI=1S/C22H21Cl2N3O2/c1-29-21-11-16-5-3-2-4-15(16)10-20(21)25-22(28)27-8-6-26(7-9-27)19-13-17(23)12-18(24)14-19/h2-5,10-14H,6-9H2,1H3,(H,25,28). The van der Waals surface area contributed by atoms with Crippen molar-refractivity contribution in [2.24, 2.45) is 0 Å². The maximum atomic E-state index is 12.8. The minimum atomic E-state index is -0.137. The number of carbonyl (C=O) groups excluding carboxylic acids is 1. The molecule has 7 heteroatoms. The molecule has 0 atom stereocenters. The Morgan fingerprint density at radius 3 is 2.17 bits per heavy atom. The first-order valence-corrected chi connectivity index (χ1v) is 10.1. The molecule has 0 saturated carbocycles. The van der Waals surface area contributed by atoms with Crippen LogP contribution in [0, 0.1) is 0 Å². The molecule has 0 unspecified atom stereocenters. The Labute approximate surface area is 179 Å². The van der Waals surface area contributed by atoms with E-state index < -0.39 is 0 Å². The van der Waals surface area contributed by atoms with E-state index in [0.29, 0.717) is 47.7 Å². The van der Waals surface area contributed by atoms with Crippen molar-refractivity contribution in [3.63, 3.8) is 0 Å². The summed E-state index contributed by atoms with van der Waals surface area (Å²) in [5.74, 6) is 0.643. The average Bonchev–Trinajstić information content (AvgIpc) is 2.72. The third-order valence-corrected chi connectivity index (χ3v) is 5.53. The number of rotatable bonds is 3. The molecule has 29 heavy (non-hydrogen) atoms. The Morgan fingerprint density at radius 1 is 0.931 bits per heavy atom. The van der Waals surface area contributed by atoms with Gasteiger partial charge in [0, 0.05) is 41.9 Å². The third-order valence-electron chi connectivity index (χ3n) is 5.09. The Kier molecular flexibility index (Phi) is 5.69. The number of ether oxygens (including phenoxy) is 1. The van der Waals surface area contributed by atoms with Gasteiger partial charge in [-0.1, -0.05) is 47.5 Å². The number of hydrogen-bond acceptors (Lipinski definition) is 3. The van der Waals surface area contributed by atoms with Crippen molar-refractivity contribution in [2.75, 3.05) is 43.5 Å². The predicted molar refractivity (Wildman–Crippen MR) is 120 cm³/mol. The van der Waals surface area contributed by atoms with Crippen LogP contribution in [0.2, 0.25) is 10.0 Å². The van der Waals surface area contributed by atoms with Crippen molar-refractivity contribution in [3.8, 4) is 5.75 Å². The number of fused-ring (bicyclic) bond motifs is 1. The molecule has 0 spiro atoms. The van der Waals surface area contributed by atoms with Gasteiger partial charge in [0.25, 0.3) is 0 Å². The van der Waals surface area contributed by atoms with Crippen LogP contribution < -0.4 is 15.0 Å². The molecule has 0 aliphatic carbocycles. The van der Waals surface area contributed by atoms with Crippen LogP contribution in [0.15, 0.2) is 54.6 Å². The van der Waals surface area contributed by atoms with Gasteiger partial charge in [0.1, 0.15) is 5.75 Å². The summed E-state index contributed by atoms with van der Waals surface area (Å²) in [6.07, 6.45) is 0. The number of nitrogens with zero attached hydrogens (tertiary/aromatic N) is 2. The van der Waals surface area contributed by atoms with Crippen molar-refractivity contribution in [3.05, 3.63) is 64.6 Å². The molecule has 3 aromatic rings. The second-order valence-electron chi connectivity index (χ2n) is 6.93. The number of amides is 2. The number of benzene rings is 3. The second-order valence-corrected chi connectivity index (χ2v) is 7.80. The Bertz CT molecular complexity index is 1030. The lowest BCUT2D eigenvalue weighted by atomic mass is 10.1. The van der Waals surface area contributed by atoms with Crippen LogP contribution in [0.25, 0.3) is 10.8 Å². The average molecular weight is 430 g/mol. The zero-order chi connectivity index (χ0) is 20.4. The molecule has 2 amide bonds. The van der Waals surface area contributed by atoms with Gasteiger partial charge in [-0.3, -0.25) is 0 Å². The van der Waals surface area contributed by atoms with Crippen LogP contribution in [0.1, 0.15) is 0 Å². The zero-order valence-corrected chi connectivity index (χ0v) is 17.5. The summed E-state index contributed by atoms with van der Waals surface area (Å²) in [6.45, 7) is 2.62. The fourth-order valence-electron chi connectivity index (χ4n) is 3.57. The van der Waals surface area contributed by atoms with E-state index in [1.807, 2.05) is 48.5 Å². The van der Waals surface area contributed by atoms with E-state index in [9.17, 15) is 4.79 Å². The molecule has 1 N–H and O–H groups in total. The molecule has 0 bridgehead atoms. The summed E-state index contributed by atoms with van der Waals surface area (Å²) in [7, 11) is 1.61. The number of hydrogen-bond donors (Lipinski definition) is 1. The van der Waals surface area contributed by atoms with E-state index >= 15 is 0 Å². The minimum absolute atomic E-state index is 0.137. The van der Waals surface area contributed by atoms with E-state index in [0.717, 1.165) is 16.5 Å². The van der Waals surface area contributed by atoms with Gasteiger partial charge in [-0.15, -0.1) is 0 Å². The molecule has 150 valence electrons. The topological polar surface area (TPSA) is 44.8 Å². The van der Waals surface area contributed by atoms with Crippen LogP contribution in [0.4, 0.5) is 16.2 Å². The normalized spacial score (nSPS) is 14.2. The van der Waals surface area contributed by atoms with Gasteiger partial charge in [-0.2, -0.15) is 0 Å². The third kappa shape index (κ3) is 4.36. The minimum Gasteiger partial charge on any atom is -0.495 e. The van der Waals surface area contributed by atoms with Crippen molar-refractivity contribution < 1.29 is 9.53 Å². The van der Waals surface area contributed by atoms with Crippen LogP contribution in [-0.2, 0) is 0 Å². The van der Waals surface area contributed by atoms with Crippen molar-refractivity contribution in [1.82, 2.24) is 4.90 Å². The first-order valence-electron chi connectivity index (χ1n) is 9.37. The molecular formula is C22H21Cl2N3O2. The van der Waals surface area contributed by atoms with E-state index in [4.69, 9.17) is 27.9 Å². The SMILES string of the molecule is COc1cc2ccccc2cc1NC(=O)N1CCN(c2cc(Cl)cc(Cl)c2)CC1. The number of carbonyl (C=O) groups is 1. The highest BCUT2D eigenvalue weighted by atomic mass is 35.5. The summed E-state index contributed by atoms with van der Waals surface area (Å²) in [6, 6.07) is 17.2. The number of anilines is 2. The summed E-state index contributed by atoms with van der Waals surface area (Å²) in [4.78, 5) is 16.8. The fraction of sp³-hybridized carbons (Fsp3) is 0.227. The number of piperazine rings is 1. The van der Waals surface area contributed by atoms with E-state index in [1.54, 1.807) is 18.1 Å². The van der Waals surface area contributed by atoms with Crippen LogP contribution in [-0.4, -0.2) is 44.2 Å². The predicted octanol–water partition coefficient (Wildman–Crippen LogP) is 5.51. The van der Waals surface area contributed by atoms with Crippen LogP contribution in [0.5, 0.6) is 5.75 Å². The molecule has 1 fully saturated rings. The molecule has 1 aliphatic rings. The summed E-state index contributed by atoms with van der Waals surface area (Å²) >= 11 is 12.2. The Hall–Kier alpha value is -2.63. The molecule has 1 saturated heterocycles. The monoisotopic (exact) mass is 429 g/mol. The highest BCUT2D eigenvalue weighted by molar-refractivity contribution is 6.35.